The molecule has 0 spiro atoms. The Hall–Kier alpha value is -5.72. The van der Waals surface area contributed by atoms with Crippen molar-refractivity contribution >= 4 is 43.4 Å². The lowest BCUT2D eigenvalue weighted by atomic mass is 9.99. The maximum atomic E-state index is 14.6. The van der Waals surface area contributed by atoms with Crippen molar-refractivity contribution in [3.05, 3.63) is 120 Å². The number of nitrogens with zero attached hydrogens (tertiary/aromatic N) is 3. The molecule has 0 aliphatic carbocycles. The van der Waals surface area contributed by atoms with Crippen molar-refractivity contribution in [3.63, 3.8) is 0 Å². The number of carbonyl (C=O) groups is 1. The zero-order valence-corrected chi connectivity index (χ0v) is 25.2. The second kappa shape index (κ2) is 11.7. The standard InChI is InChI=1S/C34H26FN7O3S/c1-46(44,45)38-16-20-10-22(12-24(35)11-20)26-8-5-9-29-27(26)14-31(40-29)33-28-15-30(37-19-32(28)41-42-33)23-13-25(18-36-17-23)39-34(43)21-6-3-2-4-7-21/h2-15,17-19,38,40H,16H2,1H3,(H,39,43)(H,41,42). The third kappa shape index (κ3) is 5.99. The fourth-order valence-corrected chi connectivity index (χ4v) is 5.81. The fraction of sp³-hybridized carbons (Fsp3) is 0.0588. The van der Waals surface area contributed by atoms with Crippen LogP contribution in [0.1, 0.15) is 15.9 Å². The van der Waals surface area contributed by atoms with Crippen LogP contribution in [0.15, 0.2) is 104 Å². The normalized spacial score (nSPS) is 11.7. The van der Waals surface area contributed by atoms with Crippen LogP contribution in [0.5, 0.6) is 0 Å². The first-order chi connectivity index (χ1) is 22.2. The van der Waals surface area contributed by atoms with Crippen molar-refractivity contribution in [3.8, 4) is 33.8 Å². The van der Waals surface area contributed by atoms with E-state index in [1.165, 1.54) is 12.1 Å². The van der Waals surface area contributed by atoms with Gasteiger partial charge in [-0.15, -0.1) is 0 Å². The molecule has 0 aliphatic heterocycles. The number of halogens is 1. The SMILES string of the molecule is CS(=O)(=O)NCc1cc(F)cc(-c2cccc3[nH]c(-c4n[nH]c5cnc(-c6cncc(NC(=O)c7ccccc7)c6)cc45)cc23)c1. The minimum atomic E-state index is -3.44. The largest absolute Gasteiger partial charge is 0.353 e. The highest BCUT2D eigenvalue weighted by molar-refractivity contribution is 7.88. The molecule has 4 aromatic heterocycles. The second-order valence-corrected chi connectivity index (χ2v) is 12.7. The average Bonchev–Trinajstić information content (AvgIpc) is 3.68. The molecule has 7 aromatic rings. The van der Waals surface area contributed by atoms with E-state index in [4.69, 9.17) is 0 Å². The van der Waals surface area contributed by atoms with Gasteiger partial charge in [0.2, 0.25) is 10.0 Å². The van der Waals surface area contributed by atoms with E-state index in [2.05, 4.69) is 35.2 Å². The molecular formula is C34H26FN7O3S. The molecule has 12 heteroatoms. The number of hydrogen-bond donors (Lipinski definition) is 4. The number of aromatic nitrogens is 5. The molecule has 0 saturated carbocycles. The summed E-state index contributed by atoms with van der Waals surface area (Å²) in [6.07, 6.45) is 6.02. The van der Waals surface area contributed by atoms with Crippen LogP contribution in [0.25, 0.3) is 55.6 Å². The Kier molecular flexibility index (Phi) is 7.35. The van der Waals surface area contributed by atoms with E-state index < -0.39 is 15.8 Å². The first kappa shape index (κ1) is 29.0. The molecule has 4 heterocycles. The van der Waals surface area contributed by atoms with E-state index in [0.717, 1.165) is 39.3 Å². The van der Waals surface area contributed by atoms with Crippen LogP contribution in [0, 0.1) is 5.82 Å². The minimum Gasteiger partial charge on any atom is -0.353 e. The lowest BCUT2D eigenvalue weighted by Crippen LogP contribution is -2.21. The molecule has 228 valence electrons. The Morgan fingerprint density at radius 1 is 0.870 bits per heavy atom. The molecule has 0 radical (unpaired) electrons. The number of pyridine rings is 2. The summed E-state index contributed by atoms with van der Waals surface area (Å²) >= 11 is 0. The highest BCUT2D eigenvalue weighted by Gasteiger charge is 2.16. The van der Waals surface area contributed by atoms with Crippen LogP contribution in [0.2, 0.25) is 0 Å². The van der Waals surface area contributed by atoms with Gasteiger partial charge in [-0.2, -0.15) is 5.10 Å². The number of carbonyl (C=O) groups excluding carboxylic acids is 1. The van der Waals surface area contributed by atoms with Gasteiger partial charge in [0.25, 0.3) is 5.91 Å². The smallest absolute Gasteiger partial charge is 0.255 e. The summed E-state index contributed by atoms with van der Waals surface area (Å²) in [5, 5.41) is 12.2. The van der Waals surface area contributed by atoms with Crippen LogP contribution in [0.4, 0.5) is 10.1 Å². The van der Waals surface area contributed by atoms with Crippen LogP contribution in [0.3, 0.4) is 0 Å². The van der Waals surface area contributed by atoms with Gasteiger partial charge in [0.05, 0.1) is 41.2 Å². The Morgan fingerprint density at radius 3 is 2.54 bits per heavy atom. The fourth-order valence-electron chi connectivity index (χ4n) is 5.38. The third-order valence-electron chi connectivity index (χ3n) is 7.50. The number of anilines is 1. The van der Waals surface area contributed by atoms with Crippen molar-refractivity contribution in [2.75, 3.05) is 11.6 Å². The van der Waals surface area contributed by atoms with Crippen molar-refractivity contribution < 1.29 is 17.6 Å². The molecule has 0 unspecified atom stereocenters. The molecule has 0 atom stereocenters. The lowest BCUT2D eigenvalue weighted by molar-refractivity contribution is 0.102. The number of fused-ring (bicyclic) bond motifs is 2. The van der Waals surface area contributed by atoms with E-state index in [-0.39, 0.29) is 12.5 Å². The molecule has 4 N–H and O–H groups in total. The van der Waals surface area contributed by atoms with E-state index >= 15 is 0 Å². The quantitative estimate of drug-likeness (QED) is 0.155. The number of nitrogens with one attached hydrogen (secondary N) is 4. The van der Waals surface area contributed by atoms with Gasteiger partial charge in [0.15, 0.2) is 0 Å². The Labute approximate surface area is 262 Å². The number of H-pyrrole nitrogens is 2. The predicted octanol–water partition coefficient (Wildman–Crippen LogP) is 6.28. The van der Waals surface area contributed by atoms with Crippen LogP contribution >= 0.6 is 0 Å². The number of benzene rings is 3. The lowest BCUT2D eigenvalue weighted by Gasteiger charge is -2.08. The molecule has 0 saturated heterocycles. The van der Waals surface area contributed by atoms with Crippen LogP contribution in [-0.2, 0) is 16.6 Å². The first-order valence-electron chi connectivity index (χ1n) is 14.2. The predicted molar refractivity (Wildman–Crippen MR) is 176 cm³/mol. The van der Waals surface area contributed by atoms with E-state index in [9.17, 15) is 17.6 Å². The summed E-state index contributed by atoms with van der Waals surface area (Å²) in [4.78, 5) is 25.0. The van der Waals surface area contributed by atoms with Gasteiger partial charge in [0.1, 0.15) is 11.5 Å². The summed E-state index contributed by atoms with van der Waals surface area (Å²) in [5.41, 5.74) is 7.30. The molecule has 0 aliphatic rings. The topological polar surface area (TPSA) is 146 Å². The summed E-state index contributed by atoms with van der Waals surface area (Å²) in [7, 11) is -3.44. The van der Waals surface area contributed by atoms with Crippen LogP contribution in [-0.4, -0.2) is 45.7 Å². The maximum Gasteiger partial charge on any atom is 0.255 e. The van der Waals surface area contributed by atoms with Gasteiger partial charge in [-0.1, -0.05) is 30.3 Å². The van der Waals surface area contributed by atoms with E-state index in [0.29, 0.717) is 39.3 Å². The van der Waals surface area contributed by atoms with Gasteiger partial charge in [-0.3, -0.25) is 19.9 Å². The summed E-state index contributed by atoms with van der Waals surface area (Å²) in [5.74, 6) is -0.703. The van der Waals surface area contributed by atoms with Gasteiger partial charge in [-0.05, 0) is 71.3 Å². The number of hydrogen-bond acceptors (Lipinski definition) is 6. The van der Waals surface area contributed by atoms with Gasteiger partial charge in [-0.25, -0.2) is 17.5 Å². The Morgan fingerprint density at radius 2 is 1.72 bits per heavy atom. The zero-order chi connectivity index (χ0) is 31.8. The first-order valence-corrected chi connectivity index (χ1v) is 16.1. The number of aromatic amines is 2. The molecule has 46 heavy (non-hydrogen) atoms. The van der Waals surface area contributed by atoms with E-state index in [1.54, 1.807) is 48.9 Å². The van der Waals surface area contributed by atoms with Gasteiger partial charge >= 0.3 is 0 Å². The minimum absolute atomic E-state index is 0.0224. The van der Waals surface area contributed by atoms with Crippen molar-refractivity contribution in [2.24, 2.45) is 0 Å². The number of rotatable bonds is 8. The Balaban J connectivity index is 1.22. The maximum absolute atomic E-state index is 14.6. The molecule has 1 amide bonds. The van der Waals surface area contributed by atoms with E-state index in [1.807, 2.05) is 42.5 Å². The van der Waals surface area contributed by atoms with Gasteiger partial charge in [0, 0.05) is 40.2 Å². The van der Waals surface area contributed by atoms with Crippen molar-refractivity contribution in [1.29, 1.82) is 0 Å². The summed E-state index contributed by atoms with van der Waals surface area (Å²) in [6.45, 7) is -0.0224. The molecule has 7 rings (SSSR count). The third-order valence-corrected chi connectivity index (χ3v) is 8.17. The summed E-state index contributed by atoms with van der Waals surface area (Å²) < 4.78 is 40.2. The zero-order valence-electron chi connectivity index (χ0n) is 24.4. The molecule has 0 fully saturated rings. The van der Waals surface area contributed by atoms with Crippen molar-refractivity contribution in [2.45, 2.75) is 6.54 Å². The highest BCUT2D eigenvalue weighted by atomic mass is 32.2. The van der Waals surface area contributed by atoms with Crippen LogP contribution < -0.4 is 10.0 Å². The molecule has 10 nitrogen and oxygen atoms in total. The molecular weight excluding hydrogens is 605 g/mol. The van der Waals surface area contributed by atoms with Gasteiger partial charge < -0.3 is 10.3 Å². The molecule has 3 aromatic carbocycles. The number of sulfonamides is 1. The molecule has 0 bridgehead atoms. The second-order valence-electron chi connectivity index (χ2n) is 10.9. The monoisotopic (exact) mass is 631 g/mol. The summed E-state index contributed by atoms with van der Waals surface area (Å²) in [6, 6.07) is 24.8. The Bertz CT molecular complexity index is 2370. The number of amides is 1. The van der Waals surface area contributed by atoms with Crippen molar-refractivity contribution in [1.82, 2.24) is 29.9 Å². The average molecular weight is 632 g/mol. The highest BCUT2D eigenvalue weighted by Crippen LogP contribution is 2.35.